The topological polar surface area (TPSA) is 58.2 Å². The Labute approximate surface area is 86.5 Å². The molecule has 0 aromatic rings. The van der Waals surface area contributed by atoms with E-state index in [0.29, 0.717) is 18.2 Å². The number of hydrogen-bond acceptors (Lipinski definition) is 3. The summed E-state index contributed by atoms with van der Waals surface area (Å²) in [5, 5.41) is 3.23. The number of piperidine rings is 1. The van der Waals surface area contributed by atoms with Crippen LogP contribution in [0, 0.1) is 5.92 Å². The fraction of sp³-hybridized carbons (Fsp3) is 1.00. The van der Waals surface area contributed by atoms with Crippen LogP contribution in [-0.4, -0.2) is 33.8 Å². The molecule has 1 rings (SSSR count). The maximum atomic E-state index is 11.5. The first-order chi connectivity index (χ1) is 6.64. The molecule has 0 radical (unpaired) electrons. The first-order valence-corrected chi connectivity index (χ1v) is 6.97. The van der Waals surface area contributed by atoms with E-state index in [-0.39, 0.29) is 0 Å². The number of sulfonamides is 1. The van der Waals surface area contributed by atoms with Gasteiger partial charge in [-0.2, -0.15) is 0 Å². The summed E-state index contributed by atoms with van der Waals surface area (Å²) in [6.07, 6.45) is 2.81. The van der Waals surface area contributed by atoms with E-state index in [2.05, 4.69) is 10.0 Å². The summed E-state index contributed by atoms with van der Waals surface area (Å²) in [5.74, 6) is 0.639. The lowest BCUT2D eigenvalue weighted by molar-refractivity contribution is 0.400. The predicted octanol–water partition coefficient (Wildman–Crippen LogP) is 0.315. The van der Waals surface area contributed by atoms with Crippen molar-refractivity contribution < 1.29 is 8.42 Å². The highest BCUT2D eigenvalue weighted by molar-refractivity contribution is 7.89. The average molecular weight is 220 g/mol. The molecule has 2 N–H and O–H groups in total. The highest BCUT2D eigenvalue weighted by Gasteiger charge is 2.20. The average Bonchev–Trinajstić information content (AvgIpc) is 2.16. The zero-order valence-electron chi connectivity index (χ0n) is 8.75. The van der Waals surface area contributed by atoms with E-state index in [1.54, 1.807) is 0 Å². The third-order valence-corrected chi connectivity index (χ3v) is 4.04. The van der Waals surface area contributed by atoms with E-state index in [1.807, 2.05) is 6.92 Å². The molecule has 84 valence electrons. The lowest BCUT2D eigenvalue weighted by atomic mass is 10.0. The summed E-state index contributed by atoms with van der Waals surface area (Å²) in [7, 11) is -3.02. The molecule has 0 bridgehead atoms. The van der Waals surface area contributed by atoms with Crippen LogP contribution in [0.2, 0.25) is 0 Å². The van der Waals surface area contributed by atoms with Gasteiger partial charge in [0.1, 0.15) is 0 Å². The van der Waals surface area contributed by atoms with Gasteiger partial charge in [-0.1, -0.05) is 6.92 Å². The lowest BCUT2D eigenvalue weighted by Gasteiger charge is -2.22. The van der Waals surface area contributed by atoms with E-state index in [0.717, 1.165) is 32.4 Å². The monoisotopic (exact) mass is 220 g/mol. The third-order valence-electron chi connectivity index (χ3n) is 2.49. The van der Waals surface area contributed by atoms with Gasteiger partial charge in [0.25, 0.3) is 0 Å². The molecular weight excluding hydrogens is 200 g/mol. The Morgan fingerprint density at radius 3 is 2.57 bits per heavy atom. The molecule has 0 amide bonds. The Bertz CT molecular complexity index is 246. The van der Waals surface area contributed by atoms with Gasteiger partial charge in [-0.15, -0.1) is 0 Å². The molecule has 0 aliphatic carbocycles. The zero-order chi connectivity index (χ0) is 10.4. The Morgan fingerprint density at radius 1 is 1.36 bits per heavy atom. The highest BCUT2D eigenvalue weighted by Crippen LogP contribution is 2.13. The summed E-state index contributed by atoms with van der Waals surface area (Å²) in [6, 6.07) is 0. The van der Waals surface area contributed by atoms with E-state index in [9.17, 15) is 8.42 Å². The van der Waals surface area contributed by atoms with Gasteiger partial charge >= 0.3 is 0 Å². The van der Waals surface area contributed by atoms with Crippen LogP contribution in [0.4, 0.5) is 0 Å². The van der Waals surface area contributed by atoms with Crippen LogP contribution < -0.4 is 10.0 Å². The Hall–Kier alpha value is -0.130. The van der Waals surface area contributed by atoms with Gasteiger partial charge in [-0.25, -0.2) is 13.1 Å². The maximum Gasteiger partial charge on any atom is 0.211 e. The zero-order valence-corrected chi connectivity index (χ0v) is 9.57. The molecule has 0 atom stereocenters. The first kappa shape index (κ1) is 11.9. The van der Waals surface area contributed by atoms with Crippen LogP contribution in [0.25, 0.3) is 0 Å². The molecule has 1 heterocycles. The molecule has 0 aromatic carbocycles. The summed E-state index contributed by atoms with van der Waals surface area (Å²) in [5.41, 5.74) is 0. The second kappa shape index (κ2) is 5.68. The van der Waals surface area contributed by atoms with Crippen molar-refractivity contribution in [2.45, 2.75) is 26.2 Å². The molecule has 0 unspecified atom stereocenters. The number of hydrogen-bond donors (Lipinski definition) is 2. The second-order valence-corrected chi connectivity index (χ2v) is 5.72. The first-order valence-electron chi connectivity index (χ1n) is 5.32. The second-order valence-electron chi connectivity index (χ2n) is 3.87. The van der Waals surface area contributed by atoms with E-state index < -0.39 is 10.0 Å². The standard InChI is InChI=1S/C9H20N2O2S/c1-2-5-11-14(12,13)8-9-3-6-10-7-4-9/h9-11H,2-8H2,1H3. The molecule has 1 saturated heterocycles. The fourth-order valence-corrected chi connectivity index (χ4v) is 3.26. The van der Waals surface area contributed by atoms with Crippen LogP contribution in [0.3, 0.4) is 0 Å². The number of rotatable bonds is 5. The van der Waals surface area contributed by atoms with E-state index in [1.165, 1.54) is 0 Å². The minimum atomic E-state index is -3.02. The van der Waals surface area contributed by atoms with Gasteiger partial charge in [-0.3, -0.25) is 0 Å². The Balaban J connectivity index is 2.33. The van der Waals surface area contributed by atoms with Crippen molar-refractivity contribution in [2.24, 2.45) is 5.92 Å². The van der Waals surface area contributed by atoms with Gasteiger partial charge in [0.2, 0.25) is 10.0 Å². The quantitative estimate of drug-likeness (QED) is 0.701. The number of nitrogens with one attached hydrogen (secondary N) is 2. The highest BCUT2D eigenvalue weighted by atomic mass is 32.2. The summed E-state index contributed by atoms with van der Waals surface area (Å²) >= 11 is 0. The molecule has 1 aliphatic rings. The van der Waals surface area contributed by atoms with E-state index in [4.69, 9.17) is 0 Å². The molecule has 0 aromatic heterocycles. The van der Waals surface area contributed by atoms with Crippen LogP contribution in [0.5, 0.6) is 0 Å². The van der Waals surface area contributed by atoms with Gasteiger partial charge in [0.05, 0.1) is 5.75 Å². The molecule has 1 aliphatic heterocycles. The van der Waals surface area contributed by atoms with Crippen molar-refractivity contribution in [3.63, 3.8) is 0 Å². The third kappa shape index (κ3) is 4.39. The van der Waals surface area contributed by atoms with Gasteiger partial charge in [-0.05, 0) is 38.3 Å². The molecule has 0 spiro atoms. The minimum absolute atomic E-state index is 0.300. The molecule has 5 heteroatoms. The Kier molecular flexibility index (Phi) is 4.84. The van der Waals surface area contributed by atoms with Crippen molar-refractivity contribution >= 4 is 10.0 Å². The van der Waals surface area contributed by atoms with Crippen molar-refractivity contribution in [3.05, 3.63) is 0 Å². The smallest absolute Gasteiger partial charge is 0.211 e. The van der Waals surface area contributed by atoms with Crippen molar-refractivity contribution in [3.8, 4) is 0 Å². The van der Waals surface area contributed by atoms with Crippen LogP contribution in [0.1, 0.15) is 26.2 Å². The van der Waals surface area contributed by atoms with Crippen LogP contribution >= 0.6 is 0 Å². The largest absolute Gasteiger partial charge is 0.317 e. The molecule has 1 fully saturated rings. The van der Waals surface area contributed by atoms with Gasteiger partial charge < -0.3 is 5.32 Å². The van der Waals surface area contributed by atoms with Crippen molar-refractivity contribution in [1.82, 2.24) is 10.0 Å². The molecule has 14 heavy (non-hydrogen) atoms. The fourth-order valence-electron chi connectivity index (χ4n) is 1.68. The maximum absolute atomic E-state index is 11.5. The van der Waals surface area contributed by atoms with Crippen LogP contribution in [-0.2, 0) is 10.0 Å². The summed E-state index contributed by atoms with van der Waals surface area (Å²) in [4.78, 5) is 0. The Morgan fingerprint density at radius 2 is 2.00 bits per heavy atom. The minimum Gasteiger partial charge on any atom is -0.317 e. The van der Waals surface area contributed by atoms with Crippen molar-refractivity contribution in [1.29, 1.82) is 0 Å². The van der Waals surface area contributed by atoms with E-state index >= 15 is 0 Å². The molecule has 4 nitrogen and oxygen atoms in total. The summed E-state index contributed by atoms with van der Waals surface area (Å²) in [6.45, 7) is 4.43. The molecule has 0 saturated carbocycles. The molecular formula is C9H20N2O2S. The van der Waals surface area contributed by atoms with Crippen LogP contribution in [0.15, 0.2) is 0 Å². The lowest BCUT2D eigenvalue weighted by Crippen LogP contribution is -2.35. The van der Waals surface area contributed by atoms with Gasteiger partial charge in [0.15, 0.2) is 0 Å². The van der Waals surface area contributed by atoms with Crippen molar-refractivity contribution in [2.75, 3.05) is 25.4 Å². The SMILES string of the molecule is CCCNS(=O)(=O)CC1CCNCC1. The predicted molar refractivity (Wildman–Crippen MR) is 57.7 cm³/mol. The summed E-state index contributed by atoms with van der Waals surface area (Å²) < 4.78 is 25.7. The van der Waals surface area contributed by atoms with Gasteiger partial charge in [0, 0.05) is 6.54 Å². The normalized spacial score (nSPS) is 19.8.